The maximum Gasteiger partial charge on any atom is 0.136 e. The van der Waals surface area contributed by atoms with Gasteiger partial charge in [-0.25, -0.2) is 0 Å². The molecule has 0 atom stereocenters. The molecule has 0 saturated heterocycles. The molecule has 0 radical (unpaired) electrons. The van der Waals surface area contributed by atoms with Crippen LogP contribution in [0.4, 0.5) is 17.1 Å². The Bertz CT molecular complexity index is 3860. The number of nitrogens with zero attached hydrogens (tertiary/aromatic N) is 2. The summed E-state index contributed by atoms with van der Waals surface area (Å²) in [5, 5.41) is 11.9. The molecule has 2 heterocycles. The van der Waals surface area contributed by atoms with E-state index in [-0.39, 0.29) is 0 Å². The maximum atomic E-state index is 6.56. The molecule has 3 nitrogen and oxygen atoms in total. The van der Waals surface area contributed by atoms with E-state index in [9.17, 15) is 0 Å². The molecule has 0 spiro atoms. The van der Waals surface area contributed by atoms with E-state index in [1.165, 1.54) is 59.7 Å². The van der Waals surface area contributed by atoms with E-state index >= 15 is 0 Å². The van der Waals surface area contributed by atoms with Crippen molar-refractivity contribution in [3.63, 3.8) is 0 Å². The van der Waals surface area contributed by atoms with Crippen molar-refractivity contribution in [2.75, 3.05) is 4.90 Å². The molecule has 0 N–H and O–H groups in total. The predicted octanol–water partition coefficient (Wildman–Crippen LogP) is 16.9. The van der Waals surface area contributed by atoms with Gasteiger partial charge in [-0.05, 0) is 140 Å². The summed E-state index contributed by atoms with van der Waals surface area (Å²) in [6.07, 6.45) is 0. The van der Waals surface area contributed by atoms with Gasteiger partial charge in [-0.3, -0.25) is 0 Å². The first kappa shape index (κ1) is 35.4. The van der Waals surface area contributed by atoms with E-state index in [1.807, 2.05) is 0 Å². The van der Waals surface area contributed by atoms with Gasteiger partial charge in [0.2, 0.25) is 0 Å². The Hall–Kier alpha value is -8.40. The molecule has 0 aliphatic rings. The van der Waals surface area contributed by atoms with Crippen molar-refractivity contribution in [2.45, 2.75) is 0 Å². The monoisotopic (exact) mass is 802 g/mol. The fourth-order valence-electron chi connectivity index (χ4n) is 9.80. The van der Waals surface area contributed by atoms with Gasteiger partial charge in [0, 0.05) is 44.3 Å². The van der Waals surface area contributed by atoms with E-state index in [2.05, 4.69) is 240 Å². The molecule has 3 heteroatoms. The third-order valence-electron chi connectivity index (χ3n) is 12.8. The van der Waals surface area contributed by atoms with Crippen molar-refractivity contribution >= 4 is 93.1 Å². The summed E-state index contributed by atoms with van der Waals surface area (Å²) in [6, 6.07) is 83.9. The second kappa shape index (κ2) is 14.1. The van der Waals surface area contributed by atoms with Crippen molar-refractivity contribution in [1.82, 2.24) is 4.57 Å². The largest absolute Gasteiger partial charge is 0.456 e. The zero-order valence-corrected chi connectivity index (χ0v) is 34.2. The number of furan rings is 1. The van der Waals surface area contributed by atoms with E-state index in [0.717, 1.165) is 61.3 Å². The number of hydrogen-bond donors (Lipinski definition) is 0. The van der Waals surface area contributed by atoms with Crippen LogP contribution in [0.15, 0.2) is 235 Å². The van der Waals surface area contributed by atoms with Crippen molar-refractivity contribution in [3.05, 3.63) is 231 Å². The summed E-state index contributed by atoms with van der Waals surface area (Å²) in [7, 11) is 0. The summed E-state index contributed by atoms with van der Waals surface area (Å²) in [6.45, 7) is 0. The summed E-state index contributed by atoms with van der Waals surface area (Å²) < 4.78 is 9.02. The first-order valence-electron chi connectivity index (χ1n) is 21.6. The number of anilines is 3. The third-order valence-corrected chi connectivity index (χ3v) is 12.8. The first-order chi connectivity index (χ1) is 31.2. The average Bonchev–Trinajstić information content (AvgIpc) is 3.86. The van der Waals surface area contributed by atoms with Crippen LogP contribution >= 0.6 is 0 Å². The molecule has 0 amide bonds. The standard InChI is InChI=1S/C60H38N2O/c1-3-13-39(14-4-1)47-29-48(40-15-5-2-6-16-40)32-52(31-47)61(50-26-28-59-56(37-50)55-34-44-20-10-12-22-46(44)36-60(55)63-59)51-25-27-53-54-33-43-19-9-11-21-45(43)35-57(54)62(58(53)38-51)49-24-23-41-17-7-8-18-42(41)30-49/h1-38H. The van der Waals surface area contributed by atoms with Crippen molar-refractivity contribution < 1.29 is 4.42 Å². The van der Waals surface area contributed by atoms with E-state index in [0.29, 0.717) is 0 Å². The van der Waals surface area contributed by atoms with Crippen LogP contribution in [-0.4, -0.2) is 4.57 Å². The molecular formula is C60H38N2O. The quantitative estimate of drug-likeness (QED) is 0.167. The molecule has 0 saturated carbocycles. The lowest BCUT2D eigenvalue weighted by atomic mass is 9.97. The van der Waals surface area contributed by atoms with E-state index < -0.39 is 0 Å². The van der Waals surface area contributed by atoms with Crippen LogP contribution in [-0.2, 0) is 0 Å². The predicted molar refractivity (Wildman–Crippen MR) is 266 cm³/mol. The molecule has 63 heavy (non-hydrogen) atoms. The summed E-state index contributed by atoms with van der Waals surface area (Å²) in [5.41, 5.74) is 13.0. The third kappa shape index (κ3) is 5.89. The zero-order chi connectivity index (χ0) is 41.4. The highest BCUT2D eigenvalue weighted by molar-refractivity contribution is 6.15. The molecule has 13 aromatic rings. The topological polar surface area (TPSA) is 21.3 Å². The Labute approximate surface area is 363 Å². The highest BCUT2D eigenvalue weighted by atomic mass is 16.3. The van der Waals surface area contributed by atoms with Crippen LogP contribution in [0.5, 0.6) is 0 Å². The number of aromatic nitrogens is 1. The Kier molecular flexibility index (Phi) is 7.91. The second-order valence-electron chi connectivity index (χ2n) is 16.6. The highest BCUT2D eigenvalue weighted by Gasteiger charge is 2.21. The Balaban J connectivity index is 1.11. The minimum absolute atomic E-state index is 0.867. The molecule has 11 aromatic carbocycles. The normalized spacial score (nSPS) is 11.8. The Morgan fingerprint density at radius 1 is 0.286 bits per heavy atom. The maximum absolute atomic E-state index is 6.56. The average molecular weight is 803 g/mol. The number of benzene rings is 11. The molecular weight excluding hydrogens is 765 g/mol. The van der Waals surface area contributed by atoms with Gasteiger partial charge < -0.3 is 13.9 Å². The summed E-state index contributed by atoms with van der Waals surface area (Å²) in [5.74, 6) is 0. The van der Waals surface area contributed by atoms with Crippen LogP contribution in [0.3, 0.4) is 0 Å². The van der Waals surface area contributed by atoms with Gasteiger partial charge in [0.05, 0.1) is 11.0 Å². The Morgan fingerprint density at radius 2 is 0.810 bits per heavy atom. The molecule has 0 fully saturated rings. The van der Waals surface area contributed by atoms with Gasteiger partial charge in [-0.2, -0.15) is 0 Å². The number of hydrogen-bond acceptors (Lipinski definition) is 2. The first-order valence-corrected chi connectivity index (χ1v) is 21.6. The summed E-state index contributed by atoms with van der Waals surface area (Å²) >= 11 is 0. The summed E-state index contributed by atoms with van der Waals surface area (Å²) in [4.78, 5) is 2.43. The molecule has 0 aliphatic heterocycles. The molecule has 0 aliphatic carbocycles. The molecule has 294 valence electrons. The van der Waals surface area contributed by atoms with Crippen molar-refractivity contribution in [1.29, 1.82) is 0 Å². The van der Waals surface area contributed by atoms with Crippen LogP contribution in [0.2, 0.25) is 0 Å². The fraction of sp³-hybridized carbons (Fsp3) is 0. The molecule has 13 rings (SSSR count). The van der Waals surface area contributed by atoms with Crippen LogP contribution in [0.1, 0.15) is 0 Å². The molecule has 0 unspecified atom stereocenters. The molecule has 0 bridgehead atoms. The van der Waals surface area contributed by atoms with Gasteiger partial charge in [-0.1, -0.05) is 146 Å². The minimum atomic E-state index is 0.867. The smallest absolute Gasteiger partial charge is 0.136 e. The van der Waals surface area contributed by atoms with Gasteiger partial charge in [0.1, 0.15) is 11.2 Å². The van der Waals surface area contributed by atoms with Gasteiger partial charge in [0.25, 0.3) is 0 Å². The lowest BCUT2D eigenvalue weighted by Gasteiger charge is -2.27. The van der Waals surface area contributed by atoms with Crippen molar-refractivity contribution in [2.24, 2.45) is 0 Å². The van der Waals surface area contributed by atoms with Crippen LogP contribution < -0.4 is 4.90 Å². The highest BCUT2D eigenvalue weighted by Crippen LogP contribution is 2.45. The lowest BCUT2D eigenvalue weighted by Crippen LogP contribution is -2.10. The SMILES string of the molecule is c1ccc(-c2cc(-c3ccccc3)cc(N(c3ccc4oc5cc6ccccc6cc5c4c3)c3ccc4c5cc6ccccc6cc5n(-c5ccc6ccccc6c5)c4c3)c2)cc1. The van der Waals surface area contributed by atoms with Gasteiger partial charge >= 0.3 is 0 Å². The lowest BCUT2D eigenvalue weighted by molar-refractivity contribution is 0.669. The fourth-order valence-corrected chi connectivity index (χ4v) is 9.80. The Morgan fingerprint density at radius 3 is 1.49 bits per heavy atom. The van der Waals surface area contributed by atoms with E-state index in [4.69, 9.17) is 4.42 Å². The van der Waals surface area contributed by atoms with Gasteiger partial charge in [-0.15, -0.1) is 0 Å². The number of fused-ring (bicyclic) bond motifs is 9. The van der Waals surface area contributed by atoms with Crippen LogP contribution in [0, 0.1) is 0 Å². The minimum Gasteiger partial charge on any atom is -0.456 e. The van der Waals surface area contributed by atoms with Crippen LogP contribution in [0.25, 0.3) is 104 Å². The zero-order valence-electron chi connectivity index (χ0n) is 34.2. The number of rotatable bonds is 6. The van der Waals surface area contributed by atoms with E-state index in [1.54, 1.807) is 0 Å². The van der Waals surface area contributed by atoms with Crippen molar-refractivity contribution in [3.8, 4) is 27.9 Å². The molecule has 2 aromatic heterocycles. The second-order valence-corrected chi connectivity index (χ2v) is 16.6. The van der Waals surface area contributed by atoms with Gasteiger partial charge in [0.15, 0.2) is 0 Å².